The second kappa shape index (κ2) is 8.73. The average molecular weight is 400 g/mol. The number of nitrogens with zero attached hydrogens (tertiary/aromatic N) is 3. The molecule has 0 bridgehead atoms. The van der Waals surface area contributed by atoms with E-state index in [9.17, 15) is 19.2 Å². The van der Waals surface area contributed by atoms with Crippen molar-refractivity contribution in [1.82, 2.24) is 15.1 Å². The maximum absolute atomic E-state index is 12.8. The van der Waals surface area contributed by atoms with E-state index in [2.05, 4.69) is 5.32 Å². The highest BCUT2D eigenvalue weighted by Gasteiger charge is 2.49. The van der Waals surface area contributed by atoms with Crippen LogP contribution in [-0.2, 0) is 24.7 Å². The number of rotatable bonds is 7. The lowest BCUT2D eigenvalue weighted by Crippen LogP contribution is -2.43. The Morgan fingerprint density at radius 2 is 1.93 bits per heavy atom. The van der Waals surface area contributed by atoms with E-state index >= 15 is 0 Å². The van der Waals surface area contributed by atoms with Gasteiger partial charge in [0.25, 0.3) is 11.8 Å². The molecule has 154 valence electrons. The van der Waals surface area contributed by atoms with Crippen LogP contribution in [0.25, 0.3) is 0 Å². The minimum Gasteiger partial charge on any atom is -0.451 e. The van der Waals surface area contributed by atoms with Crippen molar-refractivity contribution in [3.63, 3.8) is 0 Å². The maximum atomic E-state index is 12.8. The molecule has 0 saturated carbocycles. The van der Waals surface area contributed by atoms with E-state index in [0.29, 0.717) is 5.56 Å². The van der Waals surface area contributed by atoms with E-state index < -0.39 is 42.0 Å². The van der Waals surface area contributed by atoms with Crippen molar-refractivity contribution in [3.8, 4) is 6.07 Å². The Hall–Kier alpha value is -3.41. The number of imide groups is 1. The first-order valence-corrected chi connectivity index (χ1v) is 9.12. The first-order chi connectivity index (χ1) is 13.6. The molecule has 2 rings (SSSR count). The highest BCUT2D eigenvalue weighted by Crippen LogP contribution is 2.28. The monoisotopic (exact) mass is 400 g/mol. The lowest BCUT2D eigenvalue weighted by atomic mass is 9.91. The van der Waals surface area contributed by atoms with Gasteiger partial charge in [-0.2, -0.15) is 5.26 Å². The number of amides is 4. The molecule has 9 heteroatoms. The summed E-state index contributed by atoms with van der Waals surface area (Å²) in [6, 6.07) is 8.36. The summed E-state index contributed by atoms with van der Waals surface area (Å²) in [5.41, 5.74) is 0.317. The van der Waals surface area contributed by atoms with Crippen LogP contribution in [0.5, 0.6) is 0 Å². The van der Waals surface area contributed by atoms with Gasteiger partial charge in [-0.3, -0.25) is 19.3 Å². The van der Waals surface area contributed by atoms with Gasteiger partial charge in [-0.05, 0) is 26.3 Å². The van der Waals surface area contributed by atoms with Crippen molar-refractivity contribution >= 4 is 23.8 Å². The summed E-state index contributed by atoms with van der Waals surface area (Å²) in [5.74, 6) is -1.93. The molecule has 1 heterocycles. The highest BCUT2D eigenvalue weighted by atomic mass is 16.5. The molecule has 29 heavy (non-hydrogen) atoms. The smallest absolute Gasteiger partial charge is 0.327 e. The van der Waals surface area contributed by atoms with Crippen LogP contribution in [0.15, 0.2) is 24.3 Å². The summed E-state index contributed by atoms with van der Waals surface area (Å²) in [6.07, 6.45) is -0.946. The van der Waals surface area contributed by atoms with Crippen molar-refractivity contribution in [2.24, 2.45) is 0 Å². The molecule has 0 aromatic heterocycles. The number of aryl methyl sites for hydroxylation is 1. The standard InChI is InChI=1S/C20H24N4O5/c1-13-6-8-15(9-7-13)20(3)18(27)24(19(28)22-20)12-16(25)29-14(2)17(26)23(4)11-5-10-21/h6-9,14H,5,11-12H2,1-4H3,(H,22,28)/t14-,20-/m1/s1. The number of ether oxygens (including phenoxy) is 1. The number of carbonyl (C=O) groups is 4. The lowest BCUT2D eigenvalue weighted by molar-refractivity contribution is -0.159. The van der Waals surface area contributed by atoms with E-state index in [1.54, 1.807) is 19.1 Å². The Bertz CT molecular complexity index is 861. The molecule has 1 aromatic carbocycles. The summed E-state index contributed by atoms with van der Waals surface area (Å²) < 4.78 is 5.07. The molecule has 0 aliphatic carbocycles. The highest BCUT2D eigenvalue weighted by molar-refractivity contribution is 6.08. The minimum absolute atomic E-state index is 0.156. The second-order valence-corrected chi connectivity index (χ2v) is 7.11. The molecular weight excluding hydrogens is 376 g/mol. The zero-order valence-corrected chi connectivity index (χ0v) is 16.9. The van der Waals surface area contributed by atoms with Crippen LogP contribution in [0.4, 0.5) is 4.79 Å². The first kappa shape index (κ1) is 21.9. The predicted octanol–water partition coefficient (Wildman–Crippen LogP) is 1.07. The molecule has 1 aliphatic rings. The molecular formula is C20H24N4O5. The first-order valence-electron chi connectivity index (χ1n) is 9.12. The summed E-state index contributed by atoms with van der Waals surface area (Å²) in [5, 5.41) is 11.2. The third-order valence-electron chi connectivity index (χ3n) is 4.78. The van der Waals surface area contributed by atoms with Crippen molar-refractivity contribution in [2.45, 2.75) is 38.8 Å². The van der Waals surface area contributed by atoms with E-state index in [4.69, 9.17) is 10.00 Å². The zero-order valence-electron chi connectivity index (χ0n) is 16.9. The van der Waals surface area contributed by atoms with E-state index in [0.717, 1.165) is 10.5 Å². The number of nitriles is 1. The molecule has 0 radical (unpaired) electrons. The fourth-order valence-electron chi connectivity index (χ4n) is 2.98. The van der Waals surface area contributed by atoms with Gasteiger partial charge < -0.3 is 15.0 Å². The van der Waals surface area contributed by atoms with Crippen molar-refractivity contribution in [1.29, 1.82) is 5.26 Å². The quantitative estimate of drug-likeness (QED) is 0.540. The molecule has 1 saturated heterocycles. The van der Waals surface area contributed by atoms with Gasteiger partial charge in [0.1, 0.15) is 12.1 Å². The van der Waals surface area contributed by atoms with Crippen LogP contribution in [-0.4, -0.2) is 59.9 Å². The third kappa shape index (κ3) is 4.71. The normalized spacial score (nSPS) is 19.3. The minimum atomic E-state index is -1.29. The van der Waals surface area contributed by atoms with Gasteiger partial charge in [0, 0.05) is 13.6 Å². The molecule has 1 aromatic rings. The van der Waals surface area contributed by atoms with Gasteiger partial charge in [-0.25, -0.2) is 4.79 Å². The van der Waals surface area contributed by atoms with Crippen LogP contribution >= 0.6 is 0 Å². The number of esters is 1. The number of carbonyl (C=O) groups excluding carboxylic acids is 4. The lowest BCUT2D eigenvalue weighted by Gasteiger charge is -2.23. The van der Waals surface area contributed by atoms with E-state index in [1.807, 2.05) is 25.1 Å². The summed E-state index contributed by atoms with van der Waals surface area (Å²) >= 11 is 0. The van der Waals surface area contributed by atoms with Gasteiger partial charge in [0.05, 0.1) is 12.5 Å². The molecule has 1 N–H and O–H groups in total. The SMILES string of the molecule is Cc1ccc([C@@]2(C)NC(=O)N(CC(=O)O[C@H](C)C(=O)N(C)CCC#N)C2=O)cc1. The van der Waals surface area contributed by atoms with Crippen LogP contribution in [0.1, 0.15) is 31.4 Å². The molecule has 1 aliphatic heterocycles. The third-order valence-corrected chi connectivity index (χ3v) is 4.78. The van der Waals surface area contributed by atoms with Gasteiger partial charge in [-0.1, -0.05) is 29.8 Å². The van der Waals surface area contributed by atoms with Crippen molar-refractivity contribution in [3.05, 3.63) is 35.4 Å². The van der Waals surface area contributed by atoms with Gasteiger partial charge >= 0.3 is 12.0 Å². The van der Waals surface area contributed by atoms with Crippen molar-refractivity contribution < 1.29 is 23.9 Å². The fraction of sp³-hybridized carbons (Fsp3) is 0.450. The predicted molar refractivity (Wildman–Crippen MR) is 102 cm³/mol. The van der Waals surface area contributed by atoms with E-state index in [1.165, 1.54) is 18.9 Å². The van der Waals surface area contributed by atoms with Crippen LogP contribution in [0.3, 0.4) is 0 Å². The Morgan fingerprint density at radius 3 is 2.52 bits per heavy atom. The number of hydrogen-bond donors (Lipinski definition) is 1. The number of nitrogens with one attached hydrogen (secondary N) is 1. The topological polar surface area (TPSA) is 120 Å². The number of likely N-dealkylation sites (N-methyl/N-ethyl adjacent to an activating group) is 1. The Kier molecular flexibility index (Phi) is 6.59. The number of benzene rings is 1. The van der Waals surface area contributed by atoms with Crippen LogP contribution in [0, 0.1) is 18.3 Å². The second-order valence-electron chi connectivity index (χ2n) is 7.11. The Morgan fingerprint density at radius 1 is 1.31 bits per heavy atom. The molecule has 2 atom stereocenters. The molecule has 0 spiro atoms. The number of urea groups is 1. The fourth-order valence-corrected chi connectivity index (χ4v) is 2.98. The average Bonchev–Trinajstić information content (AvgIpc) is 2.89. The van der Waals surface area contributed by atoms with Gasteiger partial charge in [-0.15, -0.1) is 0 Å². The van der Waals surface area contributed by atoms with Gasteiger partial charge in [0.15, 0.2) is 6.10 Å². The molecule has 0 unspecified atom stereocenters. The van der Waals surface area contributed by atoms with Crippen LogP contribution in [0.2, 0.25) is 0 Å². The largest absolute Gasteiger partial charge is 0.451 e. The van der Waals surface area contributed by atoms with Crippen molar-refractivity contribution in [2.75, 3.05) is 20.1 Å². The van der Waals surface area contributed by atoms with E-state index in [-0.39, 0.29) is 13.0 Å². The zero-order chi connectivity index (χ0) is 21.8. The summed E-state index contributed by atoms with van der Waals surface area (Å²) in [7, 11) is 1.49. The Labute approximate surface area is 169 Å². The number of hydrogen-bond acceptors (Lipinski definition) is 6. The molecule has 9 nitrogen and oxygen atoms in total. The molecule has 1 fully saturated rings. The maximum Gasteiger partial charge on any atom is 0.327 e. The van der Waals surface area contributed by atoms with Gasteiger partial charge in [0.2, 0.25) is 0 Å². The Balaban J connectivity index is 2.02. The van der Waals surface area contributed by atoms with Crippen LogP contribution < -0.4 is 5.32 Å². The summed E-state index contributed by atoms with van der Waals surface area (Å²) in [4.78, 5) is 51.6. The molecule has 4 amide bonds. The summed E-state index contributed by atoms with van der Waals surface area (Å²) in [6.45, 7) is 4.47.